The number of thiazole rings is 1. The van der Waals surface area contributed by atoms with Crippen LogP contribution in [0.2, 0.25) is 5.02 Å². The molecular formula is C34H31ClN2O4S. The number of hydrogen-bond acceptors (Lipinski definition) is 6. The molecule has 8 heteroatoms. The van der Waals surface area contributed by atoms with E-state index in [0.29, 0.717) is 38.7 Å². The Hall–Kier alpha value is -4.20. The molecule has 1 aliphatic rings. The van der Waals surface area contributed by atoms with E-state index in [1.807, 2.05) is 85.8 Å². The number of halogens is 1. The molecule has 0 unspecified atom stereocenters. The molecule has 6 nitrogen and oxygen atoms in total. The number of benzene rings is 3. The zero-order chi connectivity index (χ0) is 29.8. The molecule has 42 heavy (non-hydrogen) atoms. The first-order valence-corrected chi connectivity index (χ1v) is 14.9. The summed E-state index contributed by atoms with van der Waals surface area (Å²) in [6.07, 6.45) is 4.26. The zero-order valence-corrected chi connectivity index (χ0v) is 25.3. The lowest BCUT2D eigenvalue weighted by atomic mass is 9.95. The Bertz CT molecular complexity index is 1870. The number of carbonyl (C=O) groups excluding carboxylic acids is 1. The number of rotatable bonds is 9. The molecule has 0 aliphatic carbocycles. The summed E-state index contributed by atoms with van der Waals surface area (Å²) in [7, 11) is 0. The van der Waals surface area contributed by atoms with Gasteiger partial charge in [-0.1, -0.05) is 83.1 Å². The average molecular weight is 599 g/mol. The molecule has 1 aromatic heterocycles. The van der Waals surface area contributed by atoms with Crippen LogP contribution in [0.5, 0.6) is 5.75 Å². The Morgan fingerprint density at radius 3 is 2.57 bits per heavy atom. The number of aromatic nitrogens is 1. The molecule has 4 aromatic rings. The summed E-state index contributed by atoms with van der Waals surface area (Å²) in [5.74, 6) is 0.252. The van der Waals surface area contributed by atoms with Crippen LogP contribution in [0.4, 0.5) is 0 Å². The predicted octanol–water partition coefficient (Wildman–Crippen LogP) is 6.07. The number of nitrogens with zero attached hydrogens (tertiary/aromatic N) is 2. The third-order valence-electron chi connectivity index (χ3n) is 7.00. The van der Waals surface area contributed by atoms with Gasteiger partial charge in [-0.05, 0) is 68.2 Å². The fraction of sp³-hybridized carbons (Fsp3) is 0.206. The van der Waals surface area contributed by atoms with Gasteiger partial charge in [-0.25, -0.2) is 9.79 Å². The average Bonchev–Trinajstić information content (AvgIpc) is 3.27. The van der Waals surface area contributed by atoms with Crippen molar-refractivity contribution < 1.29 is 14.3 Å². The Kier molecular flexibility index (Phi) is 8.90. The van der Waals surface area contributed by atoms with Crippen molar-refractivity contribution in [2.75, 3.05) is 6.61 Å². The van der Waals surface area contributed by atoms with Gasteiger partial charge in [0.25, 0.3) is 5.56 Å². The zero-order valence-electron chi connectivity index (χ0n) is 23.7. The summed E-state index contributed by atoms with van der Waals surface area (Å²) in [5, 5.41) is 0.653. The van der Waals surface area contributed by atoms with Gasteiger partial charge in [0, 0.05) is 10.6 Å². The number of hydrogen-bond donors (Lipinski definition) is 0. The van der Waals surface area contributed by atoms with Gasteiger partial charge in [0.05, 0.1) is 28.5 Å². The highest BCUT2D eigenvalue weighted by Crippen LogP contribution is 2.31. The minimum absolute atomic E-state index is 0.219. The van der Waals surface area contributed by atoms with E-state index in [2.05, 4.69) is 11.6 Å². The molecule has 0 fully saturated rings. The maximum Gasteiger partial charge on any atom is 0.338 e. The standard InChI is InChI=1S/C34H31ClN2O4S/c1-5-9-25-18-23(14-17-28(25)41-20-26-10-7-8-11-27(26)35)19-29-32(38)37-31(24-15-12-21(3)13-16-24)30(33(39)40-6-2)22(4)36-34(37)42-29/h5,7-8,10-19,31H,1,6,9,20H2,2-4H3/b29-19+/t31-/m1/s1. The number of allylic oxidation sites excluding steroid dienone is 2. The molecule has 0 saturated carbocycles. The maximum absolute atomic E-state index is 13.9. The van der Waals surface area contributed by atoms with Crippen molar-refractivity contribution in [3.05, 3.63) is 143 Å². The molecule has 3 aromatic carbocycles. The molecule has 0 saturated heterocycles. The first-order valence-electron chi connectivity index (χ1n) is 13.7. The number of carbonyl (C=O) groups is 1. The molecule has 214 valence electrons. The lowest BCUT2D eigenvalue weighted by molar-refractivity contribution is -0.139. The molecule has 1 aliphatic heterocycles. The van der Waals surface area contributed by atoms with Crippen LogP contribution in [0.1, 0.15) is 47.7 Å². The van der Waals surface area contributed by atoms with E-state index in [1.54, 1.807) is 18.4 Å². The molecule has 1 atom stereocenters. The van der Waals surface area contributed by atoms with Crippen LogP contribution in [0.25, 0.3) is 6.08 Å². The van der Waals surface area contributed by atoms with Gasteiger partial charge in [-0.2, -0.15) is 0 Å². The number of esters is 1. The largest absolute Gasteiger partial charge is 0.489 e. The summed E-state index contributed by atoms with van der Waals surface area (Å²) in [5.41, 5.74) is 5.27. The molecule has 5 rings (SSSR count). The smallest absolute Gasteiger partial charge is 0.338 e. The van der Waals surface area contributed by atoms with E-state index in [0.717, 1.165) is 33.6 Å². The third kappa shape index (κ3) is 6.03. The van der Waals surface area contributed by atoms with Gasteiger partial charge < -0.3 is 9.47 Å². The molecule has 0 amide bonds. The molecular weight excluding hydrogens is 568 g/mol. The van der Waals surface area contributed by atoms with Crippen LogP contribution >= 0.6 is 22.9 Å². The van der Waals surface area contributed by atoms with E-state index in [1.165, 1.54) is 11.3 Å². The second kappa shape index (κ2) is 12.8. The van der Waals surface area contributed by atoms with Crippen LogP contribution in [0, 0.1) is 6.92 Å². The highest BCUT2D eigenvalue weighted by Gasteiger charge is 2.33. The summed E-state index contributed by atoms with van der Waals surface area (Å²) in [6, 6.07) is 20.6. The highest BCUT2D eigenvalue weighted by atomic mass is 35.5. The summed E-state index contributed by atoms with van der Waals surface area (Å²) in [6.45, 7) is 10.00. The summed E-state index contributed by atoms with van der Waals surface area (Å²) in [4.78, 5) is 32.2. The van der Waals surface area contributed by atoms with Crippen molar-refractivity contribution in [3.63, 3.8) is 0 Å². The topological polar surface area (TPSA) is 69.9 Å². The Morgan fingerprint density at radius 1 is 1.10 bits per heavy atom. The van der Waals surface area contributed by atoms with Gasteiger partial charge in [0.2, 0.25) is 0 Å². The second-order valence-corrected chi connectivity index (χ2v) is 11.4. The maximum atomic E-state index is 13.9. The van der Waals surface area contributed by atoms with Gasteiger partial charge in [0.1, 0.15) is 12.4 Å². The van der Waals surface area contributed by atoms with Crippen LogP contribution in [0.15, 0.2) is 100 Å². The minimum atomic E-state index is -0.639. The lowest BCUT2D eigenvalue weighted by Crippen LogP contribution is -2.39. The first kappa shape index (κ1) is 29.3. The second-order valence-electron chi connectivity index (χ2n) is 9.95. The molecule has 0 N–H and O–H groups in total. The summed E-state index contributed by atoms with van der Waals surface area (Å²) < 4.78 is 13.6. The van der Waals surface area contributed by atoms with Gasteiger partial charge in [0.15, 0.2) is 4.80 Å². The highest BCUT2D eigenvalue weighted by molar-refractivity contribution is 7.07. The van der Waals surface area contributed by atoms with E-state index >= 15 is 0 Å². The SMILES string of the molecule is C=CCc1cc(/C=c2/sc3n(c2=O)[C@H](c2ccc(C)cc2)C(C(=O)OCC)=C(C)N=3)ccc1OCc1ccccc1Cl. The van der Waals surface area contributed by atoms with E-state index < -0.39 is 12.0 Å². The monoisotopic (exact) mass is 598 g/mol. The Labute approximate surface area is 253 Å². The Morgan fingerprint density at radius 2 is 1.86 bits per heavy atom. The normalized spacial score (nSPS) is 14.8. The third-order valence-corrected chi connectivity index (χ3v) is 8.35. The van der Waals surface area contributed by atoms with Gasteiger partial charge in [-0.3, -0.25) is 9.36 Å². The van der Waals surface area contributed by atoms with Crippen LogP contribution in [0.3, 0.4) is 0 Å². The van der Waals surface area contributed by atoms with Crippen molar-refractivity contribution in [3.8, 4) is 5.75 Å². The van der Waals surface area contributed by atoms with Crippen LogP contribution in [-0.4, -0.2) is 17.1 Å². The molecule has 0 radical (unpaired) electrons. The van der Waals surface area contributed by atoms with E-state index in [4.69, 9.17) is 21.1 Å². The molecule has 0 spiro atoms. The molecule has 2 heterocycles. The van der Waals surface area contributed by atoms with E-state index in [-0.39, 0.29) is 12.2 Å². The van der Waals surface area contributed by atoms with Gasteiger partial charge >= 0.3 is 5.97 Å². The number of ether oxygens (including phenoxy) is 2. The van der Waals surface area contributed by atoms with Crippen molar-refractivity contribution >= 4 is 35.0 Å². The van der Waals surface area contributed by atoms with Crippen molar-refractivity contribution in [1.29, 1.82) is 0 Å². The minimum Gasteiger partial charge on any atom is -0.489 e. The van der Waals surface area contributed by atoms with Crippen LogP contribution in [-0.2, 0) is 22.6 Å². The van der Waals surface area contributed by atoms with Crippen molar-refractivity contribution in [1.82, 2.24) is 4.57 Å². The van der Waals surface area contributed by atoms with Crippen molar-refractivity contribution in [2.24, 2.45) is 4.99 Å². The predicted molar refractivity (Wildman–Crippen MR) is 168 cm³/mol. The quantitative estimate of drug-likeness (QED) is 0.173. The molecule has 0 bridgehead atoms. The van der Waals surface area contributed by atoms with Gasteiger partial charge in [-0.15, -0.1) is 6.58 Å². The first-order chi connectivity index (χ1) is 20.3. The van der Waals surface area contributed by atoms with E-state index in [9.17, 15) is 9.59 Å². The lowest BCUT2D eigenvalue weighted by Gasteiger charge is -2.24. The van der Waals surface area contributed by atoms with Crippen molar-refractivity contribution in [2.45, 2.75) is 39.8 Å². The summed E-state index contributed by atoms with van der Waals surface area (Å²) >= 11 is 7.60. The number of fused-ring (bicyclic) bond motifs is 1. The number of aryl methyl sites for hydroxylation is 1. The van der Waals surface area contributed by atoms with Crippen LogP contribution < -0.4 is 19.6 Å². The fourth-order valence-electron chi connectivity index (χ4n) is 4.92. The fourth-order valence-corrected chi connectivity index (χ4v) is 6.16. The Balaban J connectivity index is 1.56.